The van der Waals surface area contributed by atoms with E-state index in [9.17, 15) is 0 Å². The van der Waals surface area contributed by atoms with E-state index in [4.69, 9.17) is 4.74 Å². The highest BCUT2D eigenvalue weighted by molar-refractivity contribution is 9.11. The van der Waals surface area contributed by atoms with Crippen molar-refractivity contribution in [2.45, 2.75) is 41.2 Å². The molecule has 15 rings (SSSR count). The Morgan fingerprint density at radius 1 is 0.267 bits per heavy atom. The van der Waals surface area contributed by atoms with Crippen molar-refractivity contribution < 1.29 is 4.74 Å². The fourth-order valence-corrected chi connectivity index (χ4v) is 21.9. The summed E-state index contributed by atoms with van der Waals surface area (Å²) in [5, 5.41) is 18.9. The normalized spacial score (nSPS) is 10.5. The molecule has 0 saturated carbocycles. The second-order valence-corrected chi connectivity index (χ2v) is 34.2. The molecule has 1 nitrogen and oxygen atoms in total. The average Bonchev–Trinajstić information content (AvgIpc) is 1.78. The molecule has 1 aromatic heterocycles. The third-order valence-electron chi connectivity index (χ3n) is 16.4. The van der Waals surface area contributed by atoms with Crippen LogP contribution in [0.25, 0.3) is 11.1 Å². The van der Waals surface area contributed by atoms with Gasteiger partial charge in [-0.25, -0.2) is 0 Å². The number of benzene rings is 14. The molecule has 500 valence electrons. The number of ether oxygens (including phenoxy) is 1. The van der Waals surface area contributed by atoms with E-state index in [0.717, 1.165) is 9.54 Å². The zero-order valence-corrected chi connectivity index (χ0v) is 63.9. The molecule has 0 atom stereocenters. The summed E-state index contributed by atoms with van der Waals surface area (Å²) in [5.74, 6) is 0.952. The predicted molar refractivity (Wildman–Crippen MR) is 454 cm³/mol. The Bertz CT molecular complexity index is 3880. The number of aryl methyl sites for hydroxylation is 1. The lowest BCUT2D eigenvalue weighted by Crippen LogP contribution is -2.20. The van der Waals surface area contributed by atoms with Crippen LogP contribution in [0.2, 0.25) is 0 Å². The topological polar surface area (TPSA) is 9.23 Å². The molecule has 0 fully saturated rings. The molecule has 0 spiro atoms. The van der Waals surface area contributed by atoms with Gasteiger partial charge in [0.2, 0.25) is 0 Å². The highest BCUT2D eigenvalue weighted by atomic mass is 79.9. The molecule has 0 saturated heterocycles. The Labute approximate surface area is 618 Å². The Morgan fingerprint density at radius 3 is 0.653 bits per heavy atom. The molecule has 15 aromatic rings. The first kappa shape index (κ1) is 74.5. The van der Waals surface area contributed by atoms with Crippen LogP contribution in [0.4, 0.5) is 0 Å². The first-order valence-electron chi connectivity index (χ1n) is 34.2. The monoisotopic (exact) mass is 1460 g/mol. The number of halogens is 1. The zero-order chi connectivity index (χ0) is 70.1. The average molecular weight is 1470 g/mol. The van der Waals surface area contributed by atoms with Gasteiger partial charge in [0, 0.05) is 11.1 Å². The molecule has 1 heterocycles. The number of hydrogen-bond acceptors (Lipinski definition) is 2. The maximum absolute atomic E-state index is 6.20. The van der Waals surface area contributed by atoms with Gasteiger partial charge < -0.3 is 4.74 Å². The highest BCUT2D eigenvalue weighted by Gasteiger charge is 2.21. The summed E-state index contributed by atoms with van der Waals surface area (Å²) >= 11 is 5.38. The van der Waals surface area contributed by atoms with E-state index >= 15 is 0 Å². The molecule has 0 aliphatic heterocycles. The van der Waals surface area contributed by atoms with Crippen LogP contribution >= 0.6 is 59.0 Å². The predicted octanol–water partition coefficient (Wildman–Crippen LogP) is 21.5. The maximum Gasteiger partial charge on any atom is 0.128 e. The van der Waals surface area contributed by atoms with E-state index < -0.39 is 31.7 Å². The fraction of sp³-hybridized carbons (Fsp3) is 0.0638. The van der Waals surface area contributed by atoms with Crippen molar-refractivity contribution in [1.82, 2.24) is 0 Å². The van der Waals surface area contributed by atoms with Crippen molar-refractivity contribution in [3.05, 3.63) is 438 Å². The summed E-state index contributed by atoms with van der Waals surface area (Å²) in [7, 11) is -1.78. The summed E-state index contributed by atoms with van der Waals surface area (Å²) in [5.41, 5.74) is 7.45. The van der Waals surface area contributed by atoms with Gasteiger partial charge in [-0.2, -0.15) is 0 Å². The Balaban J connectivity index is 0.000000136. The molecule has 0 aliphatic carbocycles. The summed E-state index contributed by atoms with van der Waals surface area (Å²) < 4.78 is 7.35. The minimum atomic E-state index is -0.446. The molecule has 101 heavy (non-hydrogen) atoms. The fourth-order valence-electron chi connectivity index (χ4n) is 11.4. The van der Waals surface area contributed by atoms with Gasteiger partial charge in [0.25, 0.3) is 0 Å². The Morgan fingerprint density at radius 2 is 0.465 bits per heavy atom. The van der Waals surface area contributed by atoms with Gasteiger partial charge in [-0.05, 0) is 172 Å². The largest absolute Gasteiger partial charge is 0.488 e. The zero-order valence-electron chi connectivity index (χ0n) is 58.0. The summed E-state index contributed by atoms with van der Waals surface area (Å²) in [6.07, 6.45) is 0. The van der Waals surface area contributed by atoms with Crippen LogP contribution in [0.15, 0.2) is 416 Å². The van der Waals surface area contributed by atoms with Crippen molar-refractivity contribution in [2.24, 2.45) is 0 Å². The summed E-state index contributed by atoms with van der Waals surface area (Å²) in [6.45, 7) is 11.1. The second-order valence-electron chi connectivity index (χ2n) is 23.1. The van der Waals surface area contributed by atoms with Gasteiger partial charge in [-0.15, -0.1) is 11.3 Å². The molecule has 14 aromatic carbocycles. The standard InChI is InChI=1S/C20H19BrOS.4C18H15P.C2H6/c1-13-11-18(22-12-16-7-5-4-6-8-16)19(15(3)14(13)2)17-9-10-23-20(17)21;4*1-4-10-16(11-5-1)19(17-12-6-2-7-13-17)18-14-8-3-9-15-18;1-2/h4-11H,12H2,1-3H3;4*1-15H;1-2H3. The molecule has 0 bridgehead atoms. The first-order valence-corrected chi connectivity index (χ1v) is 41.2. The van der Waals surface area contributed by atoms with Crippen molar-refractivity contribution in [3.63, 3.8) is 0 Å². The van der Waals surface area contributed by atoms with Crippen LogP contribution in [0.1, 0.15) is 36.1 Å². The minimum Gasteiger partial charge on any atom is -0.488 e. The lowest BCUT2D eigenvalue weighted by Gasteiger charge is -2.18. The van der Waals surface area contributed by atoms with Crippen LogP contribution in [0.5, 0.6) is 5.75 Å². The van der Waals surface area contributed by atoms with Crippen LogP contribution in [-0.2, 0) is 6.61 Å². The van der Waals surface area contributed by atoms with Crippen LogP contribution in [0, 0.1) is 20.8 Å². The second kappa shape index (κ2) is 40.9. The van der Waals surface area contributed by atoms with Gasteiger partial charge in [0.05, 0.1) is 3.79 Å². The summed E-state index contributed by atoms with van der Waals surface area (Å²) in [6, 6.07) is 144. The molecule has 0 radical (unpaired) electrons. The Hall–Kier alpha value is -9.22. The van der Waals surface area contributed by atoms with Gasteiger partial charge in [-0.3, -0.25) is 0 Å². The molecular formula is C94H85BrOP4S. The molecule has 0 aliphatic rings. The van der Waals surface area contributed by atoms with E-state index in [2.05, 4.69) is 430 Å². The van der Waals surface area contributed by atoms with E-state index in [1.165, 1.54) is 97.0 Å². The Kier molecular flexibility index (Phi) is 30.1. The van der Waals surface area contributed by atoms with E-state index in [1.54, 1.807) is 11.3 Å². The summed E-state index contributed by atoms with van der Waals surface area (Å²) in [4.78, 5) is 0. The van der Waals surface area contributed by atoms with E-state index in [1.807, 2.05) is 32.0 Å². The highest BCUT2D eigenvalue weighted by Crippen LogP contribution is 2.43. The third kappa shape index (κ3) is 21.7. The molecule has 0 N–H and O–H groups in total. The van der Waals surface area contributed by atoms with Crippen molar-refractivity contribution in [1.29, 1.82) is 0 Å². The van der Waals surface area contributed by atoms with E-state index in [-0.39, 0.29) is 0 Å². The van der Waals surface area contributed by atoms with Gasteiger partial charge >= 0.3 is 0 Å². The minimum absolute atomic E-state index is 0.446. The lowest BCUT2D eigenvalue weighted by molar-refractivity contribution is 0.307. The first-order chi connectivity index (χ1) is 49.9. The number of rotatable bonds is 16. The number of hydrogen-bond donors (Lipinski definition) is 0. The van der Waals surface area contributed by atoms with Crippen molar-refractivity contribution in [3.8, 4) is 16.9 Å². The SMILES string of the molecule is CC.Cc1cc(OCc2ccccc2)c(-c2ccsc2Br)c(C)c1C.c1ccc(P(c2ccccc2)c2ccccc2)cc1.c1ccc(P(c2ccccc2)c2ccccc2)cc1.c1ccc(P(c2ccccc2)c2ccccc2)cc1.c1ccc(P(c2ccccc2)c2ccccc2)cc1. The van der Waals surface area contributed by atoms with Crippen LogP contribution in [0.3, 0.4) is 0 Å². The molecule has 7 heteroatoms. The van der Waals surface area contributed by atoms with Gasteiger partial charge in [-0.1, -0.05) is 408 Å². The van der Waals surface area contributed by atoms with Crippen LogP contribution < -0.4 is 68.4 Å². The molecule has 0 unspecified atom stereocenters. The van der Waals surface area contributed by atoms with Gasteiger partial charge in [0.1, 0.15) is 12.4 Å². The van der Waals surface area contributed by atoms with Gasteiger partial charge in [0.15, 0.2) is 0 Å². The quantitative estimate of drug-likeness (QED) is 0.0876. The number of thiophene rings is 1. The van der Waals surface area contributed by atoms with Crippen molar-refractivity contribution >= 4 is 123 Å². The van der Waals surface area contributed by atoms with Crippen molar-refractivity contribution in [2.75, 3.05) is 0 Å². The lowest BCUT2D eigenvalue weighted by atomic mass is 9.94. The van der Waals surface area contributed by atoms with Crippen LogP contribution in [-0.4, -0.2) is 0 Å². The maximum atomic E-state index is 6.20. The smallest absolute Gasteiger partial charge is 0.128 e. The molecule has 0 amide bonds. The third-order valence-corrected chi connectivity index (χ3v) is 27.9. The van der Waals surface area contributed by atoms with E-state index in [0.29, 0.717) is 6.61 Å². The molecular weight excluding hydrogens is 1380 g/mol.